The highest BCUT2D eigenvalue weighted by molar-refractivity contribution is 4.75. The molecule has 1 atom stereocenters. The Morgan fingerprint density at radius 3 is 1.89 bits per heavy atom. The summed E-state index contributed by atoms with van der Waals surface area (Å²) in [6.07, 6.45) is 2.81. The number of hydrogen-bond acceptors (Lipinski definition) is 4. The third kappa shape index (κ3) is 4.50. The predicted octanol–water partition coefficient (Wildman–Crippen LogP) is 0.295. The van der Waals surface area contributed by atoms with Crippen LogP contribution in [-0.4, -0.2) is 80.1 Å². The third-order valence-corrected chi connectivity index (χ3v) is 4.37. The molecule has 0 amide bonds. The molecule has 0 aliphatic carbocycles. The lowest BCUT2D eigenvalue weighted by molar-refractivity contribution is 0.112. The van der Waals surface area contributed by atoms with Crippen molar-refractivity contribution in [3.63, 3.8) is 0 Å². The predicted molar refractivity (Wildman–Crippen MR) is 76.8 cm³/mol. The second kappa shape index (κ2) is 7.43. The molecule has 4 heteroatoms. The number of hydrogen-bond donors (Lipinski definition) is 1. The molecule has 0 aromatic heterocycles. The van der Waals surface area contributed by atoms with Gasteiger partial charge in [-0.1, -0.05) is 6.92 Å². The topological polar surface area (TPSA) is 35.7 Å². The van der Waals surface area contributed by atoms with Crippen molar-refractivity contribution in [1.29, 1.82) is 0 Å². The van der Waals surface area contributed by atoms with Crippen molar-refractivity contribution in [2.24, 2.45) is 11.7 Å². The highest BCUT2D eigenvalue weighted by atomic mass is 15.3. The van der Waals surface area contributed by atoms with Gasteiger partial charge in [0.05, 0.1) is 0 Å². The van der Waals surface area contributed by atoms with Gasteiger partial charge in [-0.15, -0.1) is 0 Å². The van der Waals surface area contributed by atoms with Crippen molar-refractivity contribution in [1.82, 2.24) is 14.7 Å². The monoisotopic (exact) mass is 254 g/mol. The summed E-state index contributed by atoms with van der Waals surface area (Å²) in [6, 6.07) is 0. The standard InChI is InChI=1S/C14H30N4/c1-14(12-15)13-18-10-8-17(9-11-18)7-6-16-4-2-3-5-16/h14H,2-13,15H2,1H3. The van der Waals surface area contributed by atoms with E-state index in [1.54, 1.807) is 0 Å². The van der Waals surface area contributed by atoms with Crippen molar-refractivity contribution < 1.29 is 0 Å². The van der Waals surface area contributed by atoms with Gasteiger partial charge in [0.1, 0.15) is 0 Å². The smallest absolute Gasteiger partial charge is 0.0110 e. The van der Waals surface area contributed by atoms with E-state index < -0.39 is 0 Å². The van der Waals surface area contributed by atoms with Gasteiger partial charge in [0.2, 0.25) is 0 Å². The molecule has 0 aromatic rings. The summed E-state index contributed by atoms with van der Waals surface area (Å²) >= 11 is 0. The van der Waals surface area contributed by atoms with Crippen molar-refractivity contribution in [2.45, 2.75) is 19.8 Å². The van der Waals surface area contributed by atoms with E-state index in [2.05, 4.69) is 21.6 Å². The molecule has 18 heavy (non-hydrogen) atoms. The van der Waals surface area contributed by atoms with E-state index in [1.807, 2.05) is 0 Å². The number of nitrogens with zero attached hydrogens (tertiary/aromatic N) is 3. The molecule has 0 spiro atoms. The van der Waals surface area contributed by atoms with E-state index in [1.165, 1.54) is 71.7 Å². The molecule has 0 saturated carbocycles. The Morgan fingerprint density at radius 1 is 0.833 bits per heavy atom. The summed E-state index contributed by atoms with van der Waals surface area (Å²) in [6.45, 7) is 14.4. The Bertz CT molecular complexity index is 220. The van der Waals surface area contributed by atoms with Crippen LogP contribution in [0.3, 0.4) is 0 Å². The molecule has 2 heterocycles. The molecular formula is C14H30N4. The quantitative estimate of drug-likeness (QED) is 0.739. The van der Waals surface area contributed by atoms with Crippen LogP contribution in [0, 0.1) is 5.92 Å². The van der Waals surface area contributed by atoms with E-state index >= 15 is 0 Å². The minimum atomic E-state index is 0.640. The van der Waals surface area contributed by atoms with Crippen molar-refractivity contribution >= 4 is 0 Å². The summed E-state index contributed by atoms with van der Waals surface area (Å²) < 4.78 is 0. The molecule has 2 saturated heterocycles. The first-order valence-corrected chi connectivity index (χ1v) is 7.65. The van der Waals surface area contributed by atoms with Crippen molar-refractivity contribution in [3.8, 4) is 0 Å². The Hall–Kier alpha value is -0.160. The van der Waals surface area contributed by atoms with Gasteiger partial charge in [-0.05, 0) is 38.4 Å². The van der Waals surface area contributed by atoms with Gasteiger partial charge < -0.3 is 15.5 Å². The molecule has 4 nitrogen and oxygen atoms in total. The zero-order chi connectivity index (χ0) is 12.8. The van der Waals surface area contributed by atoms with Crippen LogP contribution in [0.5, 0.6) is 0 Å². The largest absolute Gasteiger partial charge is 0.330 e. The van der Waals surface area contributed by atoms with Crippen molar-refractivity contribution in [2.75, 3.05) is 65.4 Å². The Labute approximate surface area is 112 Å². The molecule has 2 aliphatic rings. The molecule has 0 radical (unpaired) electrons. The van der Waals surface area contributed by atoms with Crippen LogP contribution < -0.4 is 5.73 Å². The van der Waals surface area contributed by atoms with E-state index in [0.717, 1.165) is 6.54 Å². The first-order chi connectivity index (χ1) is 8.78. The summed E-state index contributed by atoms with van der Waals surface area (Å²) in [4.78, 5) is 7.81. The van der Waals surface area contributed by atoms with Crippen LogP contribution in [-0.2, 0) is 0 Å². The van der Waals surface area contributed by atoms with Gasteiger partial charge in [0.25, 0.3) is 0 Å². The lowest BCUT2D eigenvalue weighted by Crippen LogP contribution is -2.49. The molecule has 0 bridgehead atoms. The van der Waals surface area contributed by atoms with Crippen LogP contribution in [0.1, 0.15) is 19.8 Å². The summed E-state index contributed by atoms with van der Waals surface area (Å²) in [5.74, 6) is 0.640. The van der Waals surface area contributed by atoms with Gasteiger partial charge >= 0.3 is 0 Å². The Kier molecular flexibility index (Phi) is 5.89. The second-order valence-corrected chi connectivity index (χ2v) is 6.03. The maximum absolute atomic E-state index is 5.69. The highest BCUT2D eigenvalue weighted by Gasteiger charge is 2.19. The first-order valence-electron chi connectivity index (χ1n) is 7.65. The zero-order valence-electron chi connectivity index (χ0n) is 12.0. The van der Waals surface area contributed by atoms with Crippen LogP contribution >= 0.6 is 0 Å². The summed E-state index contributed by atoms with van der Waals surface area (Å²) in [7, 11) is 0. The van der Waals surface area contributed by atoms with Gasteiger partial charge in [-0.2, -0.15) is 0 Å². The number of piperazine rings is 1. The van der Waals surface area contributed by atoms with E-state index in [9.17, 15) is 0 Å². The Balaban J connectivity index is 1.58. The normalized spacial score (nSPS) is 25.7. The minimum absolute atomic E-state index is 0.640. The molecule has 1 unspecified atom stereocenters. The maximum Gasteiger partial charge on any atom is 0.0110 e. The zero-order valence-corrected chi connectivity index (χ0v) is 12.0. The van der Waals surface area contributed by atoms with Gasteiger partial charge in [0.15, 0.2) is 0 Å². The fraction of sp³-hybridized carbons (Fsp3) is 1.00. The van der Waals surface area contributed by atoms with Crippen molar-refractivity contribution in [3.05, 3.63) is 0 Å². The van der Waals surface area contributed by atoms with Crippen LogP contribution in [0.4, 0.5) is 0 Å². The summed E-state index contributed by atoms with van der Waals surface area (Å²) in [5.41, 5.74) is 5.69. The van der Waals surface area contributed by atoms with Crippen LogP contribution in [0.25, 0.3) is 0 Å². The highest BCUT2D eigenvalue weighted by Crippen LogP contribution is 2.08. The molecular weight excluding hydrogens is 224 g/mol. The fourth-order valence-electron chi connectivity index (χ4n) is 3.00. The average Bonchev–Trinajstić information content (AvgIpc) is 2.91. The van der Waals surface area contributed by atoms with E-state index in [4.69, 9.17) is 5.73 Å². The molecule has 2 fully saturated rings. The average molecular weight is 254 g/mol. The van der Waals surface area contributed by atoms with Gasteiger partial charge in [0, 0.05) is 45.8 Å². The van der Waals surface area contributed by atoms with E-state index in [-0.39, 0.29) is 0 Å². The fourth-order valence-corrected chi connectivity index (χ4v) is 3.00. The lowest BCUT2D eigenvalue weighted by atomic mass is 10.1. The van der Waals surface area contributed by atoms with E-state index in [0.29, 0.717) is 5.92 Å². The van der Waals surface area contributed by atoms with Gasteiger partial charge in [-0.25, -0.2) is 0 Å². The SMILES string of the molecule is CC(CN)CN1CCN(CCN2CCCC2)CC1. The van der Waals surface area contributed by atoms with Crippen LogP contribution in [0.2, 0.25) is 0 Å². The maximum atomic E-state index is 5.69. The van der Waals surface area contributed by atoms with Crippen LogP contribution in [0.15, 0.2) is 0 Å². The molecule has 0 aromatic carbocycles. The minimum Gasteiger partial charge on any atom is -0.330 e. The molecule has 2 aliphatic heterocycles. The molecule has 2 rings (SSSR count). The summed E-state index contributed by atoms with van der Waals surface area (Å²) in [5, 5.41) is 0. The lowest BCUT2D eigenvalue weighted by Gasteiger charge is -2.36. The number of likely N-dealkylation sites (tertiary alicyclic amines) is 1. The van der Waals surface area contributed by atoms with Gasteiger partial charge in [-0.3, -0.25) is 4.90 Å². The number of rotatable bonds is 6. The third-order valence-electron chi connectivity index (χ3n) is 4.37. The molecule has 2 N–H and O–H groups in total. The number of nitrogens with two attached hydrogens (primary N) is 1. The molecule has 106 valence electrons. The Morgan fingerprint density at radius 2 is 1.33 bits per heavy atom. The second-order valence-electron chi connectivity index (χ2n) is 6.03. The first kappa shape index (κ1) is 14.3.